The fraction of sp³-hybridized carbons (Fsp3) is 0.346. The maximum absolute atomic E-state index is 14.4. The van der Waals surface area contributed by atoms with E-state index < -0.39 is 11.6 Å². The number of carbonyl (C=O) groups excluding carboxylic acids is 1. The summed E-state index contributed by atoms with van der Waals surface area (Å²) in [7, 11) is 1.64. The molecule has 1 atom stereocenters. The van der Waals surface area contributed by atoms with Crippen LogP contribution in [0.25, 0.3) is 28.4 Å². The molecule has 2 aliphatic heterocycles. The smallest absolute Gasteiger partial charge is 0.343 e. The van der Waals surface area contributed by atoms with E-state index in [-0.39, 0.29) is 42.1 Å². The van der Waals surface area contributed by atoms with Gasteiger partial charge in [0.1, 0.15) is 12.4 Å². The average molecular weight is 464 g/mol. The van der Waals surface area contributed by atoms with Crippen LogP contribution in [0.3, 0.4) is 0 Å². The number of hydrogen-bond acceptors (Lipinski definition) is 6. The highest BCUT2D eigenvalue weighted by atomic mass is 19.1. The van der Waals surface area contributed by atoms with E-state index in [2.05, 4.69) is 0 Å². The molecule has 0 radical (unpaired) electrons. The van der Waals surface area contributed by atoms with E-state index in [0.29, 0.717) is 35.5 Å². The summed E-state index contributed by atoms with van der Waals surface area (Å²) in [4.78, 5) is 30.5. The molecule has 0 spiro atoms. The summed E-state index contributed by atoms with van der Waals surface area (Å²) in [5.41, 5.74) is 2.00. The minimum Gasteiger partial charge on any atom is -0.458 e. The minimum absolute atomic E-state index is 0.0672. The number of aromatic nitrogens is 2. The molecular weight excluding hydrogens is 439 g/mol. The molecule has 0 aliphatic carbocycles. The Morgan fingerprint density at radius 3 is 2.82 bits per heavy atom. The molecule has 0 amide bonds. The van der Waals surface area contributed by atoms with Gasteiger partial charge in [-0.1, -0.05) is 19.1 Å². The van der Waals surface area contributed by atoms with Gasteiger partial charge < -0.3 is 19.1 Å². The molecule has 176 valence electrons. The largest absolute Gasteiger partial charge is 0.458 e. The second kappa shape index (κ2) is 8.14. The molecule has 2 aliphatic rings. The Morgan fingerprint density at radius 1 is 1.29 bits per heavy atom. The third kappa shape index (κ3) is 3.20. The van der Waals surface area contributed by atoms with Crippen LogP contribution in [-0.2, 0) is 33.0 Å². The van der Waals surface area contributed by atoms with Gasteiger partial charge in [-0.15, -0.1) is 0 Å². The summed E-state index contributed by atoms with van der Waals surface area (Å²) in [6.45, 7) is 4.02. The molecule has 7 nitrogen and oxygen atoms in total. The summed E-state index contributed by atoms with van der Waals surface area (Å²) >= 11 is 0. The highest BCUT2D eigenvalue weighted by Gasteiger charge is 2.45. The Bertz CT molecular complexity index is 1440. The number of nitrogens with zero attached hydrogens (tertiary/aromatic N) is 2. The number of fused-ring (bicyclic) bond motifs is 5. The molecule has 1 aromatic carbocycles. The predicted molar refractivity (Wildman–Crippen MR) is 125 cm³/mol. The van der Waals surface area contributed by atoms with Crippen molar-refractivity contribution in [3.63, 3.8) is 0 Å². The zero-order valence-corrected chi connectivity index (χ0v) is 19.3. The van der Waals surface area contributed by atoms with Crippen molar-refractivity contribution in [2.45, 2.75) is 45.4 Å². The number of aliphatic hydroxyl groups is 1. The number of hydrogen-bond donors (Lipinski definition) is 1. The van der Waals surface area contributed by atoms with Gasteiger partial charge in [-0.3, -0.25) is 4.79 Å². The fourth-order valence-corrected chi connectivity index (χ4v) is 4.82. The monoisotopic (exact) mass is 464 g/mol. The van der Waals surface area contributed by atoms with E-state index in [1.807, 2.05) is 12.2 Å². The molecule has 0 saturated heterocycles. The molecule has 8 heteroatoms. The van der Waals surface area contributed by atoms with Crippen LogP contribution in [0.4, 0.5) is 4.39 Å². The SMILES string of the molecule is CC[C@@]1(O)C(=O)OCc2c1cc1n(c2=O)Cc2c-1nc1cc(F)c(C)cc1c2/C=C/CCOC. The standard InChI is InChI=1S/C26H25FN2O5/c1-4-26(32)19-10-22-23-17(12-29(22)24(30)18(19)13-34-25(26)31)15(7-5-6-8-33-3)16-9-14(2)20(27)11-21(16)28-23/h5,7,9-11,32H,4,6,8,12-13H2,1-3H3/b7-5+/t26-/m0/s1. The Morgan fingerprint density at radius 2 is 2.09 bits per heavy atom. The molecular formula is C26H25FN2O5. The number of pyridine rings is 2. The topological polar surface area (TPSA) is 90.7 Å². The Balaban J connectivity index is 1.78. The lowest BCUT2D eigenvalue weighted by Gasteiger charge is -2.31. The number of esters is 1. The molecule has 0 unspecified atom stereocenters. The van der Waals surface area contributed by atoms with Crippen LogP contribution in [0.1, 0.15) is 47.6 Å². The van der Waals surface area contributed by atoms with Gasteiger partial charge in [0.15, 0.2) is 5.60 Å². The van der Waals surface area contributed by atoms with Gasteiger partial charge in [-0.2, -0.15) is 0 Å². The number of aryl methyl sites for hydroxylation is 1. The number of rotatable bonds is 5. The first-order valence-corrected chi connectivity index (χ1v) is 11.3. The van der Waals surface area contributed by atoms with Crippen molar-refractivity contribution in [3.05, 3.63) is 68.3 Å². The van der Waals surface area contributed by atoms with E-state index in [1.54, 1.807) is 37.7 Å². The van der Waals surface area contributed by atoms with Gasteiger partial charge in [-0.05, 0) is 43.0 Å². The lowest BCUT2D eigenvalue weighted by molar-refractivity contribution is -0.172. The maximum Gasteiger partial charge on any atom is 0.343 e. The quantitative estimate of drug-likeness (QED) is 0.359. The van der Waals surface area contributed by atoms with Crippen LogP contribution < -0.4 is 5.56 Å². The van der Waals surface area contributed by atoms with Crippen molar-refractivity contribution in [1.29, 1.82) is 0 Å². The first kappa shape index (κ1) is 22.4. The normalized spacial score (nSPS) is 18.8. The highest BCUT2D eigenvalue weighted by Crippen LogP contribution is 2.40. The van der Waals surface area contributed by atoms with Crippen molar-refractivity contribution in [3.8, 4) is 11.4 Å². The van der Waals surface area contributed by atoms with Crippen LogP contribution in [0.5, 0.6) is 0 Å². The molecule has 5 rings (SSSR count). The maximum atomic E-state index is 14.4. The van der Waals surface area contributed by atoms with Crippen LogP contribution in [0.2, 0.25) is 0 Å². The van der Waals surface area contributed by atoms with E-state index in [4.69, 9.17) is 14.5 Å². The molecule has 4 heterocycles. The molecule has 0 saturated carbocycles. The summed E-state index contributed by atoms with van der Waals surface area (Å²) in [6, 6.07) is 4.83. The van der Waals surface area contributed by atoms with Crippen molar-refractivity contribution < 1.29 is 23.8 Å². The molecule has 2 aromatic heterocycles. The number of benzene rings is 1. The van der Waals surface area contributed by atoms with Gasteiger partial charge in [0.25, 0.3) is 5.56 Å². The fourth-order valence-electron chi connectivity index (χ4n) is 4.82. The third-order valence-electron chi connectivity index (χ3n) is 6.79. The van der Waals surface area contributed by atoms with E-state index in [1.165, 1.54) is 6.07 Å². The Labute approximate surface area is 195 Å². The second-order valence-electron chi connectivity index (χ2n) is 8.76. The molecule has 0 fully saturated rings. The highest BCUT2D eigenvalue weighted by molar-refractivity contribution is 5.94. The van der Waals surface area contributed by atoms with Crippen molar-refractivity contribution in [2.24, 2.45) is 0 Å². The van der Waals surface area contributed by atoms with Crippen LogP contribution >= 0.6 is 0 Å². The number of cyclic esters (lactones) is 1. The van der Waals surface area contributed by atoms with Gasteiger partial charge in [-0.25, -0.2) is 14.2 Å². The lowest BCUT2D eigenvalue weighted by atomic mass is 9.86. The van der Waals surface area contributed by atoms with E-state index in [0.717, 1.165) is 16.5 Å². The lowest BCUT2D eigenvalue weighted by Crippen LogP contribution is -2.44. The number of carbonyl (C=O) groups is 1. The van der Waals surface area contributed by atoms with Crippen LogP contribution in [0, 0.1) is 12.7 Å². The van der Waals surface area contributed by atoms with Crippen molar-refractivity contribution >= 4 is 22.9 Å². The number of halogens is 1. The van der Waals surface area contributed by atoms with Gasteiger partial charge in [0.2, 0.25) is 0 Å². The van der Waals surface area contributed by atoms with E-state index >= 15 is 0 Å². The summed E-state index contributed by atoms with van der Waals surface area (Å²) in [5, 5.41) is 11.8. The van der Waals surface area contributed by atoms with Crippen LogP contribution in [0.15, 0.2) is 29.1 Å². The molecule has 1 N–H and O–H groups in total. The first-order valence-electron chi connectivity index (χ1n) is 11.3. The third-order valence-corrected chi connectivity index (χ3v) is 6.79. The Kier molecular flexibility index (Phi) is 5.37. The average Bonchev–Trinajstić information content (AvgIpc) is 3.19. The van der Waals surface area contributed by atoms with Gasteiger partial charge in [0, 0.05) is 36.3 Å². The first-order chi connectivity index (χ1) is 16.3. The molecule has 34 heavy (non-hydrogen) atoms. The minimum atomic E-state index is -1.89. The molecule has 0 bridgehead atoms. The van der Waals surface area contributed by atoms with Crippen LogP contribution in [-0.4, -0.2) is 34.3 Å². The van der Waals surface area contributed by atoms with Gasteiger partial charge >= 0.3 is 5.97 Å². The van der Waals surface area contributed by atoms with Gasteiger partial charge in [0.05, 0.1) is 29.0 Å². The predicted octanol–water partition coefficient (Wildman–Crippen LogP) is 3.58. The number of methoxy groups -OCH3 is 1. The van der Waals surface area contributed by atoms with Crippen molar-refractivity contribution in [2.75, 3.05) is 13.7 Å². The zero-order chi connectivity index (χ0) is 24.2. The number of ether oxygens (including phenoxy) is 2. The summed E-state index contributed by atoms with van der Waals surface area (Å²) < 4.78 is 26.3. The summed E-state index contributed by atoms with van der Waals surface area (Å²) in [5.74, 6) is -1.13. The second-order valence-corrected chi connectivity index (χ2v) is 8.76. The Hall–Kier alpha value is -3.36. The zero-order valence-electron chi connectivity index (χ0n) is 19.3. The molecule has 3 aromatic rings. The van der Waals surface area contributed by atoms with Crippen molar-refractivity contribution in [1.82, 2.24) is 9.55 Å². The van der Waals surface area contributed by atoms with E-state index in [9.17, 15) is 19.1 Å². The summed E-state index contributed by atoms with van der Waals surface area (Å²) in [6.07, 6.45) is 4.71.